The fraction of sp³-hybridized carbons (Fsp3) is 0. The zero-order valence-electron chi connectivity index (χ0n) is 15.5. The SMILES string of the molecule is Nc1ccc(-c2ccc(N)cc2)cc1.Nc1cccc(-c2ccccc2)c1N. The molecule has 8 N–H and O–H groups in total. The summed E-state index contributed by atoms with van der Waals surface area (Å²) in [4.78, 5) is 0. The molecule has 140 valence electrons. The van der Waals surface area contributed by atoms with E-state index in [2.05, 4.69) is 0 Å². The Balaban J connectivity index is 0.000000161. The van der Waals surface area contributed by atoms with Crippen LogP contribution in [0.5, 0.6) is 0 Å². The van der Waals surface area contributed by atoms with Crippen LogP contribution in [0, 0.1) is 0 Å². The molecule has 0 atom stereocenters. The summed E-state index contributed by atoms with van der Waals surface area (Å²) in [5.41, 5.74) is 30.1. The number of para-hydroxylation sites is 1. The van der Waals surface area contributed by atoms with Crippen molar-refractivity contribution in [2.24, 2.45) is 0 Å². The highest BCUT2D eigenvalue weighted by Gasteiger charge is 2.03. The number of nitrogens with two attached hydrogens (primary N) is 4. The molecule has 0 spiro atoms. The predicted octanol–water partition coefficient (Wildman–Crippen LogP) is 5.04. The highest BCUT2D eigenvalue weighted by Crippen LogP contribution is 2.29. The Hall–Kier alpha value is -3.92. The smallest absolute Gasteiger partial charge is 0.0627 e. The second-order valence-electron chi connectivity index (χ2n) is 6.42. The Bertz CT molecular complexity index is 981. The summed E-state index contributed by atoms with van der Waals surface area (Å²) in [5.74, 6) is 0. The first-order valence-corrected chi connectivity index (χ1v) is 8.95. The molecule has 0 radical (unpaired) electrons. The molecule has 0 unspecified atom stereocenters. The van der Waals surface area contributed by atoms with E-state index in [4.69, 9.17) is 22.9 Å². The molecule has 0 aliphatic carbocycles. The van der Waals surface area contributed by atoms with Gasteiger partial charge in [-0.3, -0.25) is 0 Å². The van der Waals surface area contributed by atoms with Crippen LogP contribution in [0.3, 0.4) is 0 Å². The molecule has 4 aromatic rings. The lowest BCUT2D eigenvalue weighted by Gasteiger charge is -2.07. The van der Waals surface area contributed by atoms with Gasteiger partial charge in [0.05, 0.1) is 11.4 Å². The van der Waals surface area contributed by atoms with Crippen LogP contribution < -0.4 is 22.9 Å². The van der Waals surface area contributed by atoms with Crippen molar-refractivity contribution in [2.75, 3.05) is 22.9 Å². The molecule has 4 nitrogen and oxygen atoms in total. The molecule has 0 saturated carbocycles. The Morgan fingerprint density at radius 3 is 1.39 bits per heavy atom. The first-order valence-electron chi connectivity index (χ1n) is 8.95. The van der Waals surface area contributed by atoms with E-state index in [9.17, 15) is 0 Å². The third kappa shape index (κ3) is 4.62. The Morgan fingerprint density at radius 1 is 0.393 bits per heavy atom. The van der Waals surface area contributed by atoms with Crippen molar-refractivity contribution in [2.45, 2.75) is 0 Å². The van der Waals surface area contributed by atoms with E-state index in [0.29, 0.717) is 11.4 Å². The number of nitrogen functional groups attached to an aromatic ring is 4. The minimum Gasteiger partial charge on any atom is -0.399 e. The van der Waals surface area contributed by atoms with Gasteiger partial charge >= 0.3 is 0 Å². The molecular formula is C24H24N4. The maximum atomic E-state index is 5.89. The fourth-order valence-corrected chi connectivity index (χ4v) is 2.80. The van der Waals surface area contributed by atoms with Crippen molar-refractivity contribution < 1.29 is 0 Å². The molecule has 0 bridgehead atoms. The molecule has 0 aromatic heterocycles. The average Bonchev–Trinajstić information content (AvgIpc) is 2.72. The largest absolute Gasteiger partial charge is 0.399 e. The third-order valence-electron chi connectivity index (χ3n) is 4.38. The van der Waals surface area contributed by atoms with Gasteiger partial charge in [0.25, 0.3) is 0 Å². The Morgan fingerprint density at radius 2 is 0.893 bits per heavy atom. The van der Waals surface area contributed by atoms with Crippen molar-refractivity contribution in [3.05, 3.63) is 97.1 Å². The molecule has 0 heterocycles. The summed E-state index contributed by atoms with van der Waals surface area (Å²) in [6.45, 7) is 0. The van der Waals surface area contributed by atoms with Crippen LogP contribution in [0.25, 0.3) is 22.3 Å². The van der Waals surface area contributed by atoms with Crippen LogP contribution in [0.15, 0.2) is 97.1 Å². The van der Waals surface area contributed by atoms with E-state index in [1.54, 1.807) is 0 Å². The molecular weight excluding hydrogens is 344 g/mol. The van der Waals surface area contributed by atoms with Gasteiger partial charge in [0.15, 0.2) is 0 Å². The minimum absolute atomic E-state index is 0.631. The van der Waals surface area contributed by atoms with Crippen molar-refractivity contribution in [1.82, 2.24) is 0 Å². The van der Waals surface area contributed by atoms with Crippen molar-refractivity contribution in [3.63, 3.8) is 0 Å². The van der Waals surface area contributed by atoms with Crippen molar-refractivity contribution in [1.29, 1.82) is 0 Å². The minimum atomic E-state index is 0.631. The highest BCUT2D eigenvalue weighted by atomic mass is 14.7. The average molecular weight is 368 g/mol. The van der Waals surface area contributed by atoms with Gasteiger partial charge in [0.1, 0.15) is 0 Å². The van der Waals surface area contributed by atoms with Gasteiger partial charge < -0.3 is 22.9 Å². The van der Waals surface area contributed by atoms with E-state index in [-0.39, 0.29) is 0 Å². The van der Waals surface area contributed by atoms with Gasteiger partial charge in [-0.1, -0.05) is 66.7 Å². The monoisotopic (exact) mass is 368 g/mol. The first-order chi connectivity index (χ1) is 13.5. The number of benzene rings is 4. The van der Waals surface area contributed by atoms with Crippen LogP contribution in [0.1, 0.15) is 0 Å². The van der Waals surface area contributed by atoms with Crippen LogP contribution in [-0.2, 0) is 0 Å². The fourth-order valence-electron chi connectivity index (χ4n) is 2.80. The summed E-state index contributed by atoms with van der Waals surface area (Å²) < 4.78 is 0. The number of hydrogen-bond acceptors (Lipinski definition) is 4. The second kappa shape index (κ2) is 8.64. The van der Waals surface area contributed by atoms with Gasteiger partial charge in [-0.2, -0.15) is 0 Å². The molecule has 4 aromatic carbocycles. The summed E-state index contributed by atoms with van der Waals surface area (Å²) >= 11 is 0. The van der Waals surface area contributed by atoms with E-state index in [1.165, 1.54) is 0 Å². The van der Waals surface area contributed by atoms with Crippen LogP contribution in [0.2, 0.25) is 0 Å². The summed E-state index contributed by atoms with van der Waals surface area (Å²) in [6, 6.07) is 31.3. The van der Waals surface area contributed by atoms with E-state index < -0.39 is 0 Å². The third-order valence-corrected chi connectivity index (χ3v) is 4.38. The lowest BCUT2D eigenvalue weighted by Crippen LogP contribution is -1.96. The Kier molecular flexibility index (Phi) is 5.82. The lowest BCUT2D eigenvalue weighted by atomic mass is 10.0. The van der Waals surface area contributed by atoms with Crippen molar-refractivity contribution >= 4 is 22.7 Å². The molecule has 0 aliphatic rings. The van der Waals surface area contributed by atoms with E-state index >= 15 is 0 Å². The number of rotatable bonds is 2. The predicted molar refractivity (Wildman–Crippen MR) is 121 cm³/mol. The van der Waals surface area contributed by atoms with Gasteiger partial charge in [-0.15, -0.1) is 0 Å². The van der Waals surface area contributed by atoms with Crippen LogP contribution in [-0.4, -0.2) is 0 Å². The second-order valence-corrected chi connectivity index (χ2v) is 6.42. The molecule has 0 fully saturated rings. The topological polar surface area (TPSA) is 104 Å². The zero-order valence-corrected chi connectivity index (χ0v) is 15.5. The van der Waals surface area contributed by atoms with E-state index in [1.807, 2.05) is 97.1 Å². The summed E-state index contributed by atoms with van der Waals surface area (Å²) in [5, 5.41) is 0. The summed E-state index contributed by atoms with van der Waals surface area (Å²) in [7, 11) is 0. The molecule has 4 rings (SSSR count). The van der Waals surface area contributed by atoms with Gasteiger partial charge in [-0.05, 0) is 47.0 Å². The first kappa shape index (κ1) is 18.9. The molecule has 0 amide bonds. The lowest BCUT2D eigenvalue weighted by molar-refractivity contribution is 1.60. The number of hydrogen-bond donors (Lipinski definition) is 4. The molecule has 0 saturated heterocycles. The molecule has 4 heteroatoms. The Labute approximate surface area is 165 Å². The normalized spacial score (nSPS) is 10.0. The maximum Gasteiger partial charge on any atom is 0.0627 e. The molecule has 28 heavy (non-hydrogen) atoms. The summed E-state index contributed by atoms with van der Waals surface area (Å²) in [6.07, 6.45) is 0. The van der Waals surface area contributed by atoms with Gasteiger partial charge in [-0.25, -0.2) is 0 Å². The van der Waals surface area contributed by atoms with Crippen LogP contribution >= 0.6 is 0 Å². The molecule has 0 aliphatic heterocycles. The van der Waals surface area contributed by atoms with Crippen LogP contribution in [0.4, 0.5) is 22.7 Å². The van der Waals surface area contributed by atoms with Gasteiger partial charge in [0, 0.05) is 16.9 Å². The number of anilines is 4. The quantitative estimate of drug-likeness (QED) is 0.372. The van der Waals surface area contributed by atoms with E-state index in [0.717, 1.165) is 33.6 Å². The zero-order chi connectivity index (χ0) is 19.9. The van der Waals surface area contributed by atoms with Crippen molar-refractivity contribution in [3.8, 4) is 22.3 Å². The highest BCUT2D eigenvalue weighted by molar-refractivity contribution is 5.84. The maximum absolute atomic E-state index is 5.89. The van der Waals surface area contributed by atoms with Gasteiger partial charge in [0.2, 0.25) is 0 Å². The standard InChI is InChI=1S/2C12H12N2/c13-11-5-1-9(2-6-11)10-3-7-12(14)8-4-10;13-11-8-4-7-10(12(11)14)9-5-2-1-3-6-9/h2*1-8H,13-14H2.